The summed E-state index contributed by atoms with van der Waals surface area (Å²) >= 11 is 0. The number of rotatable bonds is 3. The Morgan fingerprint density at radius 2 is 2.00 bits per heavy atom. The molecule has 0 bridgehead atoms. The van der Waals surface area contributed by atoms with E-state index >= 15 is 0 Å². The minimum absolute atomic E-state index is 0.0840. The van der Waals surface area contributed by atoms with E-state index in [-0.39, 0.29) is 12.5 Å². The molecule has 0 aromatic carbocycles. The first-order valence-corrected chi connectivity index (χ1v) is 4.83. The summed E-state index contributed by atoms with van der Waals surface area (Å²) in [6.45, 7) is 3.46. The van der Waals surface area contributed by atoms with Crippen LogP contribution in [0, 0.1) is 0 Å². The third-order valence-corrected chi connectivity index (χ3v) is 2.09. The molecule has 0 radical (unpaired) electrons. The van der Waals surface area contributed by atoms with Crippen LogP contribution in [0.15, 0.2) is 24.5 Å². The Labute approximate surface area is 89.6 Å². The summed E-state index contributed by atoms with van der Waals surface area (Å²) in [5.74, 6) is -0.172. The van der Waals surface area contributed by atoms with E-state index in [1.165, 1.54) is 0 Å². The van der Waals surface area contributed by atoms with Crippen LogP contribution in [0.4, 0.5) is 0 Å². The van der Waals surface area contributed by atoms with Gasteiger partial charge in [0.1, 0.15) is 7.05 Å². The van der Waals surface area contributed by atoms with Gasteiger partial charge in [0.2, 0.25) is 0 Å². The number of aliphatic hydroxyl groups is 1. The molecule has 1 heterocycles. The Morgan fingerprint density at radius 1 is 1.47 bits per heavy atom. The fraction of sp³-hybridized carbons (Fsp3) is 0.455. The topological polar surface area (TPSA) is 53.2 Å². The Morgan fingerprint density at radius 3 is 2.47 bits per heavy atom. The van der Waals surface area contributed by atoms with Crippen LogP contribution < -0.4 is 9.88 Å². The zero-order valence-electron chi connectivity index (χ0n) is 9.32. The second kappa shape index (κ2) is 4.40. The van der Waals surface area contributed by atoms with E-state index in [1.54, 1.807) is 38.4 Å². The van der Waals surface area contributed by atoms with Gasteiger partial charge < -0.3 is 10.4 Å². The summed E-state index contributed by atoms with van der Waals surface area (Å²) in [7, 11) is 1.89. The van der Waals surface area contributed by atoms with Crippen molar-refractivity contribution in [2.45, 2.75) is 19.4 Å². The molecule has 4 nitrogen and oxygen atoms in total. The number of carbonyl (C=O) groups excluding carboxylic acids is 1. The number of amides is 1. The van der Waals surface area contributed by atoms with E-state index in [4.69, 9.17) is 5.11 Å². The third-order valence-electron chi connectivity index (χ3n) is 2.09. The number of aliphatic hydroxyl groups excluding tert-OH is 1. The molecule has 0 aliphatic carbocycles. The molecule has 1 amide bonds. The smallest absolute Gasteiger partial charge is 0.252 e. The number of aromatic nitrogens is 1. The molecule has 0 saturated heterocycles. The predicted octanol–water partition coefficient (Wildman–Crippen LogP) is 0.0118. The molecule has 0 atom stereocenters. The lowest BCUT2D eigenvalue weighted by Crippen LogP contribution is -2.46. The third kappa shape index (κ3) is 3.32. The molecule has 0 saturated carbocycles. The van der Waals surface area contributed by atoms with Gasteiger partial charge >= 0.3 is 0 Å². The summed E-state index contributed by atoms with van der Waals surface area (Å²) in [4.78, 5) is 11.7. The van der Waals surface area contributed by atoms with Gasteiger partial charge in [-0.15, -0.1) is 0 Å². The SMILES string of the molecule is C[n+]1ccc(C(=O)NC(C)(C)CO)cc1. The van der Waals surface area contributed by atoms with Gasteiger partial charge in [-0.3, -0.25) is 4.79 Å². The molecule has 1 rings (SSSR count). The number of pyridine rings is 1. The lowest BCUT2D eigenvalue weighted by atomic mass is 10.1. The van der Waals surface area contributed by atoms with E-state index in [2.05, 4.69) is 5.32 Å². The highest BCUT2D eigenvalue weighted by atomic mass is 16.3. The maximum Gasteiger partial charge on any atom is 0.252 e. The average Bonchev–Trinajstić information content (AvgIpc) is 2.18. The summed E-state index contributed by atoms with van der Waals surface area (Å²) < 4.78 is 1.86. The van der Waals surface area contributed by atoms with Crippen LogP contribution in [0.3, 0.4) is 0 Å². The lowest BCUT2D eigenvalue weighted by Gasteiger charge is -2.23. The molecule has 0 spiro atoms. The van der Waals surface area contributed by atoms with Crippen molar-refractivity contribution in [3.8, 4) is 0 Å². The monoisotopic (exact) mass is 209 g/mol. The Kier molecular flexibility index (Phi) is 3.42. The molecule has 0 aliphatic heterocycles. The fourth-order valence-corrected chi connectivity index (χ4v) is 1.07. The Balaban J connectivity index is 2.74. The number of carbonyl (C=O) groups is 1. The van der Waals surface area contributed by atoms with Crippen LogP contribution in [-0.2, 0) is 7.05 Å². The largest absolute Gasteiger partial charge is 0.394 e. The number of hydrogen-bond acceptors (Lipinski definition) is 2. The van der Waals surface area contributed by atoms with Crippen LogP contribution in [-0.4, -0.2) is 23.2 Å². The van der Waals surface area contributed by atoms with Crippen molar-refractivity contribution in [1.82, 2.24) is 5.32 Å². The van der Waals surface area contributed by atoms with Gasteiger partial charge in [0.05, 0.1) is 17.7 Å². The van der Waals surface area contributed by atoms with Crippen molar-refractivity contribution < 1.29 is 14.5 Å². The van der Waals surface area contributed by atoms with Gasteiger partial charge in [-0.05, 0) is 13.8 Å². The van der Waals surface area contributed by atoms with Crippen LogP contribution >= 0.6 is 0 Å². The van der Waals surface area contributed by atoms with Crippen molar-refractivity contribution >= 4 is 5.91 Å². The molecule has 1 aromatic rings. The van der Waals surface area contributed by atoms with Crippen LogP contribution in [0.25, 0.3) is 0 Å². The highest BCUT2D eigenvalue weighted by Crippen LogP contribution is 2.03. The number of nitrogens with one attached hydrogen (secondary N) is 1. The molecule has 0 fully saturated rings. The van der Waals surface area contributed by atoms with Gasteiger partial charge in [0.15, 0.2) is 12.4 Å². The molecule has 82 valence electrons. The van der Waals surface area contributed by atoms with Crippen molar-refractivity contribution in [3.05, 3.63) is 30.1 Å². The first kappa shape index (κ1) is 11.7. The quantitative estimate of drug-likeness (QED) is 0.689. The molecule has 0 unspecified atom stereocenters. The second-order valence-corrected chi connectivity index (χ2v) is 4.25. The minimum atomic E-state index is -0.588. The van der Waals surface area contributed by atoms with E-state index in [0.717, 1.165) is 0 Å². The minimum Gasteiger partial charge on any atom is -0.394 e. The van der Waals surface area contributed by atoms with Crippen molar-refractivity contribution in [2.75, 3.05) is 6.61 Å². The standard InChI is InChI=1S/C11H16N2O2/c1-11(2,8-14)12-10(15)9-4-6-13(3)7-5-9/h4-7,14H,8H2,1-3H3/p+1. The van der Waals surface area contributed by atoms with E-state index < -0.39 is 5.54 Å². The van der Waals surface area contributed by atoms with Crippen molar-refractivity contribution in [3.63, 3.8) is 0 Å². The highest BCUT2D eigenvalue weighted by molar-refractivity contribution is 5.94. The normalized spacial score (nSPS) is 11.2. The molecule has 4 heteroatoms. The van der Waals surface area contributed by atoms with Crippen LogP contribution in [0.2, 0.25) is 0 Å². The summed E-state index contributed by atoms with van der Waals surface area (Å²) in [5.41, 5.74) is 0.00406. The highest BCUT2D eigenvalue weighted by Gasteiger charge is 2.20. The Bertz CT molecular complexity index is 344. The summed E-state index contributed by atoms with van der Waals surface area (Å²) in [6.07, 6.45) is 3.61. The van der Waals surface area contributed by atoms with Gasteiger partial charge in [0, 0.05) is 12.1 Å². The molecular weight excluding hydrogens is 192 g/mol. The predicted molar refractivity (Wildman–Crippen MR) is 56.2 cm³/mol. The maximum atomic E-state index is 11.7. The molecular formula is C11H17N2O2+. The van der Waals surface area contributed by atoms with E-state index in [9.17, 15) is 4.79 Å². The molecule has 0 aliphatic rings. The number of hydrogen-bond donors (Lipinski definition) is 2. The van der Waals surface area contributed by atoms with Gasteiger partial charge in [-0.1, -0.05) is 0 Å². The molecule has 2 N–H and O–H groups in total. The van der Waals surface area contributed by atoms with Gasteiger partial charge in [-0.25, -0.2) is 4.57 Å². The first-order chi connectivity index (χ1) is 6.94. The van der Waals surface area contributed by atoms with Crippen molar-refractivity contribution in [1.29, 1.82) is 0 Å². The van der Waals surface area contributed by atoms with Gasteiger partial charge in [0.25, 0.3) is 5.91 Å². The fourth-order valence-electron chi connectivity index (χ4n) is 1.07. The maximum absolute atomic E-state index is 11.7. The summed E-state index contributed by atoms with van der Waals surface area (Å²) in [5, 5.41) is 11.8. The summed E-state index contributed by atoms with van der Waals surface area (Å²) in [6, 6.07) is 3.48. The Hall–Kier alpha value is -1.42. The van der Waals surface area contributed by atoms with E-state index in [0.29, 0.717) is 5.56 Å². The first-order valence-electron chi connectivity index (χ1n) is 4.83. The molecule has 1 aromatic heterocycles. The average molecular weight is 209 g/mol. The second-order valence-electron chi connectivity index (χ2n) is 4.25. The number of aryl methyl sites for hydroxylation is 1. The molecule has 15 heavy (non-hydrogen) atoms. The number of nitrogens with zero attached hydrogens (tertiary/aromatic N) is 1. The lowest BCUT2D eigenvalue weighted by molar-refractivity contribution is -0.671. The zero-order valence-corrected chi connectivity index (χ0v) is 9.32. The van der Waals surface area contributed by atoms with Gasteiger partial charge in [-0.2, -0.15) is 0 Å². The zero-order chi connectivity index (χ0) is 11.5. The van der Waals surface area contributed by atoms with Crippen molar-refractivity contribution in [2.24, 2.45) is 7.05 Å². The van der Waals surface area contributed by atoms with Crippen LogP contribution in [0.1, 0.15) is 24.2 Å². The van der Waals surface area contributed by atoms with Crippen LogP contribution in [0.5, 0.6) is 0 Å². The van der Waals surface area contributed by atoms with E-state index in [1.807, 2.05) is 11.6 Å².